The summed E-state index contributed by atoms with van der Waals surface area (Å²) >= 11 is 1.45. The molecule has 0 saturated carbocycles. The van der Waals surface area contributed by atoms with Crippen molar-refractivity contribution in [3.8, 4) is 0 Å². The monoisotopic (exact) mass is 353 g/mol. The van der Waals surface area contributed by atoms with Gasteiger partial charge in [0.1, 0.15) is 0 Å². The van der Waals surface area contributed by atoms with Crippen LogP contribution >= 0.6 is 11.9 Å². The molecular formula is C20H23N3OS. The molecule has 0 aromatic heterocycles. The maximum Gasteiger partial charge on any atom is 0.239 e. The minimum Gasteiger partial charge on any atom is -0.399 e. The highest BCUT2D eigenvalue weighted by atomic mass is 32.2. The molecule has 0 fully saturated rings. The molecule has 4 N–H and O–H groups in total. The number of hydrogen-bond donors (Lipinski definition) is 3. The number of carbonyl (C=O) groups excluding carboxylic acids is 1. The molecule has 2 aliphatic carbocycles. The molecule has 0 bridgehead atoms. The van der Waals surface area contributed by atoms with Crippen LogP contribution in [0.2, 0.25) is 0 Å². The lowest BCUT2D eigenvalue weighted by Crippen LogP contribution is -2.25. The minimum absolute atomic E-state index is 0.0253. The third-order valence-electron chi connectivity index (χ3n) is 5.04. The first-order chi connectivity index (χ1) is 12.2. The number of anilines is 2. The van der Waals surface area contributed by atoms with E-state index in [2.05, 4.69) is 16.1 Å². The van der Waals surface area contributed by atoms with Crippen molar-refractivity contribution < 1.29 is 4.79 Å². The van der Waals surface area contributed by atoms with Crippen LogP contribution in [0, 0.1) is 0 Å². The van der Waals surface area contributed by atoms with E-state index >= 15 is 0 Å². The Morgan fingerprint density at radius 2 is 1.64 bits per heavy atom. The van der Waals surface area contributed by atoms with Crippen LogP contribution in [-0.4, -0.2) is 12.5 Å². The van der Waals surface area contributed by atoms with Crippen LogP contribution in [0.4, 0.5) is 11.4 Å². The number of benzene rings is 2. The van der Waals surface area contributed by atoms with Crippen molar-refractivity contribution >= 4 is 29.2 Å². The quantitative estimate of drug-likeness (QED) is 0.569. The van der Waals surface area contributed by atoms with E-state index in [0.717, 1.165) is 42.0 Å². The molecule has 0 radical (unpaired) electrons. The van der Waals surface area contributed by atoms with Gasteiger partial charge in [-0.2, -0.15) is 0 Å². The van der Waals surface area contributed by atoms with Crippen LogP contribution in [-0.2, 0) is 30.5 Å². The summed E-state index contributed by atoms with van der Waals surface area (Å²) in [6, 6.07) is 10.0. The Bertz CT molecular complexity index is 769. The van der Waals surface area contributed by atoms with Crippen molar-refractivity contribution in [3.05, 3.63) is 52.6 Å². The number of nitrogen functional groups attached to an aromatic ring is 1. The standard InChI is InChI=1S/C20H23N3OS/c21-15-7-9-16(10-8-15)25-22-12-19(24)23-20-17-5-1-3-13(17)11-14-4-2-6-18(14)20/h7-11,22H,1-6,12,21H2,(H,23,24). The van der Waals surface area contributed by atoms with Crippen molar-refractivity contribution in [1.82, 2.24) is 4.72 Å². The number of fused-ring (bicyclic) bond motifs is 2. The van der Waals surface area contributed by atoms with E-state index in [-0.39, 0.29) is 12.5 Å². The van der Waals surface area contributed by atoms with Gasteiger partial charge in [-0.15, -0.1) is 0 Å². The van der Waals surface area contributed by atoms with Gasteiger partial charge in [0, 0.05) is 16.3 Å². The van der Waals surface area contributed by atoms with Crippen LogP contribution < -0.4 is 15.8 Å². The summed E-state index contributed by atoms with van der Waals surface area (Å²) in [4.78, 5) is 13.5. The molecule has 0 spiro atoms. The summed E-state index contributed by atoms with van der Waals surface area (Å²) in [6.45, 7) is 0.285. The van der Waals surface area contributed by atoms with E-state index in [9.17, 15) is 4.79 Å². The zero-order chi connectivity index (χ0) is 17.2. The lowest BCUT2D eigenvalue weighted by molar-refractivity contribution is -0.115. The summed E-state index contributed by atoms with van der Waals surface area (Å²) in [6.07, 6.45) is 6.88. The number of amides is 1. The van der Waals surface area contributed by atoms with Crippen molar-refractivity contribution in [2.24, 2.45) is 0 Å². The summed E-state index contributed by atoms with van der Waals surface area (Å²) < 4.78 is 3.14. The lowest BCUT2D eigenvalue weighted by Gasteiger charge is -2.16. The van der Waals surface area contributed by atoms with E-state index in [1.807, 2.05) is 24.3 Å². The molecule has 5 heteroatoms. The molecule has 4 rings (SSSR count). The summed E-state index contributed by atoms with van der Waals surface area (Å²) in [7, 11) is 0. The first-order valence-corrected chi connectivity index (χ1v) is 9.74. The maximum absolute atomic E-state index is 12.4. The summed E-state index contributed by atoms with van der Waals surface area (Å²) in [5.41, 5.74) is 13.2. The zero-order valence-electron chi connectivity index (χ0n) is 14.2. The third kappa shape index (κ3) is 3.53. The van der Waals surface area contributed by atoms with Crippen LogP contribution in [0.1, 0.15) is 35.1 Å². The molecule has 0 heterocycles. The second kappa shape index (κ2) is 7.10. The van der Waals surface area contributed by atoms with E-state index in [4.69, 9.17) is 5.73 Å². The van der Waals surface area contributed by atoms with Crippen LogP contribution in [0.5, 0.6) is 0 Å². The molecule has 1 amide bonds. The van der Waals surface area contributed by atoms with E-state index in [0.29, 0.717) is 0 Å². The number of hydrogen-bond acceptors (Lipinski definition) is 4. The van der Waals surface area contributed by atoms with Crippen LogP contribution in [0.15, 0.2) is 35.2 Å². The molecule has 2 aromatic carbocycles. The lowest BCUT2D eigenvalue weighted by atomic mass is 9.98. The van der Waals surface area contributed by atoms with Crippen LogP contribution in [0.3, 0.4) is 0 Å². The predicted molar refractivity (Wildman–Crippen MR) is 104 cm³/mol. The fourth-order valence-corrected chi connectivity index (χ4v) is 4.51. The largest absolute Gasteiger partial charge is 0.399 e. The third-order valence-corrected chi connectivity index (χ3v) is 5.84. The van der Waals surface area contributed by atoms with E-state index in [1.165, 1.54) is 47.0 Å². The number of carbonyl (C=O) groups is 1. The molecule has 0 saturated heterocycles. The number of aryl methyl sites for hydroxylation is 2. The fourth-order valence-electron chi connectivity index (χ4n) is 3.87. The number of nitrogens with two attached hydrogens (primary N) is 1. The summed E-state index contributed by atoms with van der Waals surface area (Å²) in [5, 5.41) is 3.20. The fraction of sp³-hybridized carbons (Fsp3) is 0.350. The van der Waals surface area contributed by atoms with Gasteiger partial charge in [0.05, 0.1) is 6.54 Å². The van der Waals surface area contributed by atoms with Gasteiger partial charge in [0.15, 0.2) is 0 Å². The number of rotatable bonds is 5. The molecule has 2 aliphatic rings. The van der Waals surface area contributed by atoms with Gasteiger partial charge in [-0.1, -0.05) is 6.07 Å². The van der Waals surface area contributed by atoms with E-state index < -0.39 is 0 Å². The van der Waals surface area contributed by atoms with Gasteiger partial charge in [0.2, 0.25) is 5.91 Å². The minimum atomic E-state index is 0.0253. The predicted octanol–water partition coefficient (Wildman–Crippen LogP) is 3.48. The molecule has 0 atom stereocenters. The van der Waals surface area contributed by atoms with Crippen molar-refractivity contribution in [2.45, 2.75) is 43.4 Å². The Balaban J connectivity index is 1.41. The Hall–Kier alpha value is -1.98. The second-order valence-electron chi connectivity index (χ2n) is 6.77. The highest BCUT2D eigenvalue weighted by molar-refractivity contribution is 7.97. The van der Waals surface area contributed by atoms with Crippen molar-refractivity contribution in [1.29, 1.82) is 0 Å². The topological polar surface area (TPSA) is 67.1 Å². The van der Waals surface area contributed by atoms with Gasteiger partial charge in [0.25, 0.3) is 0 Å². The Kier molecular flexibility index (Phi) is 4.68. The van der Waals surface area contributed by atoms with Gasteiger partial charge in [-0.3, -0.25) is 9.52 Å². The van der Waals surface area contributed by atoms with Gasteiger partial charge in [-0.05, 0) is 97.0 Å². The SMILES string of the molecule is Nc1ccc(SNCC(=O)Nc2c3c(cc4c2CCC4)CCC3)cc1. The molecular weight excluding hydrogens is 330 g/mol. The van der Waals surface area contributed by atoms with Crippen LogP contribution in [0.25, 0.3) is 0 Å². The molecule has 25 heavy (non-hydrogen) atoms. The zero-order valence-corrected chi connectivity index (χ0v) is 15.0. The van der Waals surface area contributed by atoms with Gasteiger partial charge >= 0.3 is 0 Å². The smallest absolute Gasteiger partial charge is 0.239 e. The first kappa shape index (κ1) is 16.5. The van der Waals surface area contributed by atoms with Gasteiger partial charge < -0.3 is 11.1 Å². The Labute approximate surface area is 152 Å². The maximum atomic E-state index is 12.4. The Morgan fingerprint density at radius 3 is 2.28 bits per heavy atom. The van der Waals surface area contributed by atoms with Crippen molar-refractivity contribution in [3.63, 3.8) is 0 Å². The highest BCUT2D eigenvalue weighted by Crippen LogP contribution is 2.38. The summed E-state index contributed by atoms with van der Waals surface area (Å²) in [5.74, 6) is 0.0253. The van der Waals surface area contributed by atoms with E-state index in [1.54, 1.807) is 0 Å². The van der Waals surface area contributed by atoms with Crippen molar-refractivity contribution in [2.75, 3.05) is 17.6 Å². The molecule has 130 valence electrons. The second-order valence-corrected chi connectivity index (χ2v) is 7.74. The van der Waals surface area contributed by atoms with Gasteiger partial charge in [-0.25, -0.2) is 0 Å². The molecule has 2 aromatic rings. The average Bonchev–Trinajstić information content (AvgIpc) is 3.25. The highest BCUT2D eigenvalue weighted by Gasteiger charge is 2.24. The molecule has 0 unspecified atom stereocenters. The molecule has 4 nitrogen and oxygen atoms in total. The normalized spacial score (nSPS) is 15.0. The number of nitrogens with one attached hydrogen (secondary N) is 2. The Morgan fingerprint density at radius 1 is 1.00 bits per heavy atom. The first-order valence-electron chi connectivity index (χ1n) is 8.92. The molecule has 0 aliphatic heterocycles. The average molecular weight is 353 g/mol.